The van der Waals surface area contributed by atoms with Gasteiger partial charge in [0.25, 0.3) is 0 Å². The number of nitrogens with two attached hydrogens (primary N) is 1. The summed E-state index contributed by atoms with van der Waals surface area (Å²) in [6, 6.07) is 0. The number of carbonyl (C=O) groups is 2. The van der Waals surface area contributed by atoms with Crippen LogP contribution in [0.1, 0.15) is 21.9 Å². The third-order valence-electron chi connectivity index (χ3n) is 2.33. The molecular formula is C10H14N2O7S. The van der Waals surface area contributed by atoms with Gasteiger partial charge >= 0.3 is 12.1 Å². The van der Waals surface area contributed by atoms with Gasteiger partial charge in [-0.15, -0.1) is 0 Å². The second-order valence-corrected chi connectivity index (χ2v) is 5.49. The first kappa shape index (κ1) is 16.0. The van der Waals surface area contributed by atoms with E-state index in [4.69, 9.17) is 15.3 Å². The Hall–Kier alpha value is -2.07. The lowest BCUT2D eigenvalue weighted by molar-refractivity contribution is 0.0691. The van der Waals surface area contributed by atoms with Gasteiger partial charge in [0.05, 0.1) is 0 Å². The molecule has 20 heavy (non-hydrogen) atoms. The molecule has 0 aliphatic rings. The molecule has 0 fully saturated rings. The average Bonchev–Trinajstić information content (AvgIpc) is 2.60. The number of hydrogen-bond acceptors (Lipinski definition) is 6. The van der Waals surface area contributed by atoms with E-state index in [2.05, 4.69) is 9.46 Å². The summed E-state index contributed by atoms with van der Waals surface area (Å²) in [5.41, 5.74) is 4.29. The first-order valence-corrected chi connectivity index (χ1v) is 6.90. The maximum Gasteiger partial charge on any atom is 0.404 e. The number of carboxylic acids is 1. The fourth-order valence-electron chi connectivity index (χ4n) is 1.63. The second kappa shape index (κ2) is 5.92. The molecule has 0 atom stereocenters. The van der Waals surface area contributed by atoms with E-state index in [1.54, 1.807) is 0 Å². The molecule has 0 saturated heterocycles. The van der Waals surface area contributed by atoms with Gasteiger partial charge in [-0.2, -0.15) is 0 Å². The number of nitrogens with one attached hydrogen (secondary N) is 1. The summed E-state index contributed by atoms with van der Waals surface area (Å²) < 4.78 is 35.5. The summed E-state index contributed by atoms with van der Waals surface area (Å²) in [7, 11) is -4.10. The van der Waals surface area contributed by atoms with Crippen molar-refractivity contribution in [1.29, 1.82) is 0 Å². The van der Waals surface area contributed by atoms with Crippen LogP contribution in [0.15, 0.2) is 9.31 Å². The van der Waals surface area contributed by atoms with Crippen molar-refractivity contribution in [3.8, 4) is 0 Å². The van der Waals surface area contributed by atoms with Crippen molar-refractivity contribution >= 4 is 22.1 Å². The van der Waals surface area contributed by atoms with Crippen molar-refractivity contribution in [3.05, 3.63) is 17.1 Å². The lowest BCUT2D eigenvalue weighted by Gasteiger charge is -2.06. The van der Waals surface area contributed by atoms with Gasteiger partial charge < -0.3 is 20.0 Å². The second-order valence-electron chi connectivity index (χ2n) is 3.79. The summed E-state index contributed by atoms with van der Waals surface area (Å²) in [5.74, 6) is -1.46. The van der Waals surface area contributed by atoms with Gasteiger partial charge in [0.2, 0.25) is 10.0 Å². The number of carbonyl (C=O) groups excluding carboxylic acids is 1. The fraction of sp³-hybridized carbons (Fsp3) is 0.400. The lowest BCUT2D eigenvalue weighted by atomic mass is 10.2. The van der Waals surface area contributed by atoms with E-state index in [9.17, 15) is 18.0 Å². The van der Waals surface area contributed by atoms with Crippen LogP contribution in [0.2, 0.25) is 0 Å². The van der Waals surface area contributed by atoms with Crippen LogP contribution >= 0.6 is 0 Å². The maximum absolute atomic E-state index is 12.0. The number of ether oxygens (including phenoxy) is 1. The molecule has 0 spiro atoms. The number of aryl methyl sites for hydroxylation is 2. The summed E-state index contributed by atoms with van der Waals surface area (Å²) in [6.45, 7) is 2.18. The standard InChI is InChI=1S/C10H14N2O7S/c1-5-7(9(13)14)8(6(2)19-5)20(16,17)12-3-4-18-10(11)15/h12H,3-4H2,1-2H3,(H2,11,15)(H,13,14). The van der Waals surface area contributed by atoms with Crippen molar-refractivity contribution < 1.29 is 32.3 Å². The zero-order valence-electron chi connectivity index (χ0n) is 10.8. The highest BCUT2D eigenvalue weighted by molar-refractivity contribution is 7.89. The van der Waals surface area contributed by atoms with E-state index in [-0.39, 0.29) is 24.7 Å². The van der Waals surface area contributed by atoms with Gasteiger partial charge in [0.15, 0.2) is 0 Å². The molecule has 112 valence electrons. The molecule has 0 radical (unpaired) electrons. The quantitative estimate of drug-likeness (QED) is 0.624. The first-order chi connectivity index (χ1) is 9.16. The minimum atomic E-state index is -4.10. The van der Waals surface area contributed by atoms with Crippen molar-refractivity contribution in [1.82, 2.24) is 4.72 Å². The van der Waals surface area contributed by atoms with E-state index in [0.29, 0.717) is 0 Å². The van der Waals surface area contributed by atoms with Crippen LogP contribution < -0.4 is 10.5 Å². The first-order valence-electron chi connectivity index (χ1n) is 5.42. The Morgan fingerprint density at radius 1 is 1.35 bits per heavy atom. The topological polar surface area (TPSA) is 149 Å². The Kier molecular flexibility index (Phi) is 4.73. The fourth-order valence-corrected chi connectivity index (χ4v) is 3.05. The molecule has 0 bridgehead atoms. The number of amides is 1. The molecule has 0 saturated carbocycles. The molecule has 1 heterocycles. The highest BCUT2D eigenvalue weighted by Gasteiger charge is 2.30. The van der Waals surface area contributed by atoms with Crippen LogP contribution in [0.4, 0.5) is 4.79 Å². The van der Waals surface area contributed by atoms with E-state index in [0.717, 1.165) is 0 Å². The van der Waals surface area contributed by atoms with Gasteiger partial charge in [0, 0.05) is 6.54 Å². The molecule has 1 aromatic rings. The third-order valence-corrected chi connectivity index (χ3v) is 3.94. The number of furan rings is 1. The average molecular weight is 306 g/mol. The molecule has 1 aromatic heterocycles. The smallest absolute Gasteiger partial charge is 0.404 e. The Balaban J connectivity index is 2.98. The predicted molar refractivity (Wildman–Crippen MR) is 65.9 cm³/mol. The summed E-state index contributed by atoms with van der Waals surface area (Å²) in [6.07, 6.45) is -1.04. The number of primary amides is 1. The van der Waals surface area contributed by atoms with Crippen LogP contribution in [0.25, 0.3) is 0 Å². The van der Waals surface area contributed by atoms with Gasteiger partial charge in [-0.05, 0) is 13.8 Å². The number of rotatable bonds is 6. The zero-order chi connectivity index (χ0) is 15.5. The summed E-state index contributed by atoms with van der Waals surface area (Å²) >= 11 is 0. The zero-order valence-corrected chi connectivity index (χ0v) is 11.6. The van der Waals surface area contributed by atoms with Crippen LogP contribution in [0.3, 0.4) is 0 Å². The van der Waals surface area contributed by atoms with Gasteiger partial charge in [-0.3, -0.25) is 0 Å². The molecule has 0 aliphatic carbocycles. The molecule has 0 aromatic carbocycles. The van der Waals surface area contributed by atoms with Gasteiger partial charge in [0.1, 0.15) is 28.6 Å². The normalized spacial score (nSPS) is 11.3. The van der Waals surface area contributed by atoms with Crippen molar-refractivity contribution in [2.24, 2.45) is 5.73 Å². The van der Waals surface area contributed by atoms with Gasteiger partial charge in [-0.25, -0.2) is 22.7 Å². The van der Waals surface area contributed by atoms with Crippen molar-refractivity contribution in [2.45, 2.75) is 18.7 Å². The Labute approximate surface area is 114 Å². The Morgan fingerprint density at radius 3 is 2.45 bits per heavy atom. The predicted octanol–water partition coefficient (Wildman–Crippen LogP) is -0.0318. The van der Waals surface area contributed by atoms with Gasteiger partial charge in [-0.1, -0.05) is 0 Å². The molecule has 0 unspecified atom stereocenters. The molecule has 4 N–H and O–H groups in total. The van der Waals surface area contributed by atoms with E-state index in [1.807, 2.05) is 0 Å². The van der Waals surface area contributed by atoms with Crippen molar-refractivity contribution in [2.75, 3.05) is 13.2 Å². The largest absolute Gasteiger partial charge is 0.478 e. The van der Waals surface area contributed by atoms with Crippen LogP contribution in [0.5, 0.6) is 0 Å². The highest BCUT2D eigenvalue weighted by Crippen LogP contribution is 2.26. The number of carboxylic acid groups (broad SMARTS) is 1. The molecule has 9 nitrogen and oxygen atoms in total. The highest BCUT2D eigenvalue weighted by atomic mass is 32.2. The van der Waals surface area contributed by atoms with Crippen LogP contribution in [0, 0.1) is 13.8 Å². The minimum Gasteiger partial charge on any atom is -0.478 e. The van der Waals surface area contributed by atoms with E-state index < -0.39 is 32.5 Å². The monoisotopic (exact) mass is 306 g/mol. The number of hydrogen-bond donors (Lipinski definition) is 3. The summed E-state index contributed by atoms with van der Waals surface area (Å²) in [4.78, 5) is 21.0. The number of sulfonamides is 1. The van der Waals surface area contributed by atoms with Crippen LogP contribution in [-0.4, -0.2) is 38.7 Å². The SMILES string of the molecule is Cc1oc(C)c(S(=O)(=O)NCCOC(N)=O)c1C(=O)O. The van der Waals surface area contributed by atoms with Crippen molar-refractivity contribution in [3.63, 3.8) is 0 Å². The summed E-state index contributed by atoms with van der Waals surface area (Å²) in [5, 5.41) is 9.03. The molecule has 1 rings (SSSR count). The third kappa shape index (κ3) is 3.48. The molecule has 10 heteroatoms. The van der Waals surface area contributed by atoms with Crippen LogP contribution in [-0.2, 0) is 14.8 Å². The minimum absolute atomic E-state index is 0.0104. The molecular weight excluding hydrogens is 292 g/mol. The van der Waals surface area contributed by atoms with E-state index >= 15 is 0 Å². The lowest BCUT2D eigenvalue weighted by Crippen LogP contribution is -2.30. The molecule has 1 amide bonds. The molecule has 0 aliphatic heterocycles. The Morgan fingerprint density at radius 2 is 1.95 bits per heavy atom. The van der Waals surface area contributed by atoms with E-state index in [1.165, 1.54) is 13.8 Å². The Bertz CT molecular complexity index is 632. The number of aromatic carboxylic acids is 1. The maximum atomic E-state index is 12.0.